The molecule has 2 N–H and O–H groups in total. The van der Waals surface area contributed by atoms with Crippen molar-refractivity contribution in [1.82, 2.24) is 20.4 Å². The van der Waals surface area contributed by atoms with E-state index in [1.54, 1.807) is 7.11 Å². The van der Waals surface area contributed by atoms with Crippen LogP contribution in [0.4, 0.5) is 0 Å². The Morgan fingerprint density at radius 1 is 1.03 bits per heavy atom. The van der Waals surface area contributed by atoms with Gasteiger partial charge in [-0.2, -0.15) is 0 Å². The smallest absolute Gasteiger partial charge is 0.191 e. The summed E-state index contributed by atoms with van der Waals surface area (Å²) in [5.41, 5.74) is 1.33. The fourth-order valence-electron chi connectivity index (χ4n) is 4.49. The van der Waals surface area contributed by atoms with Crippen molar-refractivity contribution < 1.29 is 9.47 Å². The molecule has 7 heteroatoms. The summed E-state index contributed by atoms with van der Waals surface area (Å²) in [4.78, 5) is 9.56. The van der Waals surface area contributed by atoms with Gasteiger partial charge in [0.1, 0.15) is 5.75 Å². The van der Waals surface area contributed by atoms with Gasteiger partial charge in [-0.15, -0.1) is 0 Å². The highest BCUT2D eigenvalue weighted by molar-refractivity contribution is 5.79. The minimum absolute atomic E-state index is 0.329. The van der Waals surface area contributed by atoms with Crippen LogP contribution in [0.5, 0.6) is 5.75 Å². The zero-order valence-electron chi connectivity index (χ0n) is 19.6. The van der Waals surface area contributed by atoms with Gasteiger partial charge in [-0.3, -0.25) is 14.8 Å². The Balaban J connectivity index is 1.52. The van der Waals surface area contributed by atoms with Crippen LogP contribution < -0.4 is 15.4 Å². The number of nitrogens with one attached hydrogen (secondary N) is 2. The number of hydrogen-bond donors (Lipinski definition) is 2. The summed E-state index contributed by atoms with van der Waals surface area (Å²) in [6, 6.07) is 8.84. The molecule has 2 fully saturated rings. The molecule has 0 saturated carbocycles. The maximum atomic E-state index is 5.45. The van der Waals surface area contributed by atoms with Crippen LogP contribution in [0.15, 0.2) is 29.3 Å². The number of guanidine groups is 1. The maximum absolute atomic E-state index is 5.45. The number of likely N-dealkylation sites (tertiary alicyclic amines) is 1. The van der Waals surface area contributed by atoms with Crippen LogP contribution in [0.25, 0.3) is 0 Å². The van der Waals surface area contributed by atoms with Gasteiger partial charge in [0.25, 0.3) is 0 Å². The maximum Gasteiger partial charge on any atom is 0.191 e. The Bertz CT molecular complexity index is 654. The summed E-state index contributed by atoms with van der Waals surface area (Å²) < 4.78 is 10.8. The van der Waals surface area contributed by atoms with Crippen molar-refractivity contribution in [2.75, 3.05) is 73.2 Å². The van der Waals surface area contributed by atoms with Gasteiger partial charge in [0.2, 0.25) is 0 Å². The minimum Gasteiger partial charge on any atom is -0.497 e. The summed E-state index contributed by atoms with van der Waals surface area (Å²) in [6.45, 7) is 11.2. The third-order valence-corrected chi connectivity index (χ3v) is 6.31. The monoisotopic (exact) mass is 431 g/mol. The van der Waals surface area contributed by atoms with E-state index >= 15 is 0 Å². The third-order valence-electron chi connectivity index (χ3n) is 6.31. The molecule has 0 radical (unpaired) electrons. The van der Waals surface area contributed by atoms with Crippen LogP contribution >= 0.6 is 0 Å². The molecule has 2 aliphatic rings. The van der Waals surface area contributed by atoms with Gasteiger partial charge < -0.3 is 20.1 Å². The molecule has 2 unspecified atom stereocenters. The Kier molecular flexibility index (Phi) is 9.90. The van der Waals surface area contributed by atoms with E-state index in [1.807, 2.05) is 7.05 Å². The first-order chi connectivity index (χ1) is 15.2. The van der Waals surface area contributed by atoms with Gasteiger partial charge in [-0.05, 0) is 49.5 Å². The summed E-state index contributed by atoms with van der Waals surface area (Å²) >= 11 is 0. The zero-order valence-corrected chi connectivity index (χ0v) is 19.6. The van der Waals surface area contributed by atoms with Gasteiger partial charge in [0.05, 0.1) is 26.4 Å². The van der Waals surface area contributed by atoms with Crippen LogP contribution in [-0.2, 0) is 4.74 Å². The van der Waals surface area contributed by atoms with E-state index < -0.39 is 0 Å². The van der Waals surface area contributed by atoms with Crippen LogP contribution in [0.2, 0.25) is 0 Å². The van der Waals surface area contributed by atoms with Crippen molar-refractivity contribution in [3.8, 4) is 5.75 Å². The molecular formula is C24H41N5O2. The zero-order chi connectivity index (χ0) is 21.9. The number of morpholine rings is 1. The molecule has 7 nitrogen and oxygen atoms in total. The Morgan fingerprint density at radius 2 is 1.71 bits per heavy atom. The average Bonchev–Trinajstić information content (AvgIpc) is 2.83. The van der Waals surface area contributed by atoms with Crippen LogP contribution in [-0.4, -0.2) is 88.9 Å². The quantitative estimate of drug-likeness (QED) is 0.462. The summed E-state index contributed by atoms with van der Waals surface area (Å²) in [7, 11) is 3.57. The molecule has 0 spiro atoms. The van der Waals surface area contributed by atoms with E-state index in [9.17, 15) is 0 Å². The Morgan fingerprint density at radius 3 is 2.35 bits per heavy atom. The minimum atomic E-state index is 0.329. The lowest BCUT2D eigenvalue weighted by molar-refractivity contribution is 0.0320. The highest BCUT2D eigenvalue weighted by Crippen LogP contribution is 2.25. The van der Waals surface area contributed by atoms with Crippen molar-refractivity contribution in [2.45, 2.75) is 32.2 Å². The predicted molar refractivity (Wildman–Crippen MR) is 127 cm³/mol. The number of rotatable bonds is 9. The van der Waals surface area contributed by atoms with Crippen LogP contribution in [0.3, 0.4) is 0 Å². The average molecular weight is 432 g/mol. The van der Waals surface area contributed by atoms with Crippen LogP contribution in [0, 0.1) is 5.92 Å². The van der Waals surface area contributed by atoms with Crippen molar-refractivity contribution in [3.63, 3.8) is 0 Å². The van der Waals surface area contributed by atoms with Gasteiger partial charge in [-0.25, -0.2) is 0 Å². The Hall–Kier alpha value is -1.83. The number of methoxy groups -OCH3 is 1. The first kappa shape index (κ1) is 23.8. The van der Waals surface area contributed by atoms with Gasteiger partial charge in [-0.1, -0.05) is 25.5 Å². The number of hydrogen-bond acceptors (Lipinski definition) is 5. The highest BCUT2D eigenvalue weighted by atomic mass is 16.5. The Labute approximate surface area is 188 Å². The molecule has 2 aliphatic heterocycles. The lowest BCUT2D eigenvalue weighted by atomic mass is 10.0. The molecule has 0 amide bonds. The van der Waals surface area contributed by atoms with E-state index in [-0.39, 0.29) is 0 Å². The fourth-order valence-corrected chi connectivity index (χ4v) is 4.49. The second-order valence-electron chi connectivity index (χ2n) is 8.74. The first-order valence-corrected chi connectivity index (χ1v) is 11.8. The van der Waals surface area contributed by atoms with Crippen LogP contribution in [0.1, 0.15) is 37.8 Å². The number of nitrogens with zero attached hydrogens (tertiary/aromatic N) is 3. The molecule has 1 aromatic carbocycles. The molecule has 3 rings (SSSR count). The number of aliphatic imine (C=N–C) groups is 1. The molecule has 2 heterocycles. The van der Waals surface area contributed by atoms with Gasteiger partial charge in [0.15, 0.2) is 5.96 Å². The topological polar surface area (TPSA) is 61.4 Å². The molecule has 31 heavy (non-hydrogen) atoms. The summed E-state index contributed by atoms with van der Waals surface area (Å²) in [5, 5.41) is 7.11. The number of benzene rings is 1. The normalized spacial score (nSPS) is 20.8. The highest BCUT2D eigenvalue weighted by Gasteiger charge is 2.23. The van der Waals surface area contributed by atoms with E-state index in [1.165, 1.54) is 24.8 Å². The number of ether oxygens (including phenoxy) is 2. The van der Waals surface area contributed by atoms with E-state index in [4.69, 9.17) is 9.47 Å². The standard InChI is InChI=1S/C24H41N5O2/c1-20(19-28-13-15-31-16-14-28)17-26-24(25-2)27-18-23(29-11-5-4-6-12-29)21-7-9-22(30-3)10-8-21/h7-10,20,23H,4-6,11-19H2,1-3H3,(H2,25,26,27). The van der Waals surface area contributed by atoms with Gasteiger partial charge in [0, 0.05) is 39.8 Å². The molecule has 0 bridgehead atoms. The molecule has 1 aromatic rings. The molecule has 2 saturated heterocycles. The fraction of sp³-hybridized carbons (Fsp3) is 0.708. The molecule has 0 aromatic heterocycles. The predicted octanol–water partition coefficient (Wildman–Crippen LogP) is 2.36. The summed E-state index contributed by atoms with van der Waals surface area (Å²) in [6.07, 6.45) is 3.89. The third kappa shape index (κ3) is 7.66. The van der Waals surface area contributed by atoms with Gasteiger partial charge >= 0.3 is 0 Å². The van der Waals surface area contributed by atoms with Crippen molar-refractivity contribution in [1.29, 1.82) is 0 Å². The molecular weight excluding hydrogens is 390 g/mol. The molecule has 174 valence electrons. The van der Waals surface area contributed by atoms with E-state index in [0.29, 0.717) is 12.0 Å². The van der Waals surface area contributed by atoms with E-state index in [2.05, 4.69) is 56.6 Å². The first-order valence-electron chi connectivity index (χ1n) is 11.8. The lowest BCUT2D eigenvalue weighted by Crippen LogP contribution is -2.46. The second kappa shape index (κ2) is 12.9. The van der Waals surface area contributed by atoms with Crippen molar-refractivity contribution >= 4 is 5.96 Å². The number of piperidine rings is 1. The molecule has 2 atom stereocenters. The second-order valence-corrected chi connectivity index (χ2v) is 8.74. The SMILES string of the molecule is CN=C(NCC(C)CN1CCOCC1)NCC(c1ccc(OC)cc1)N1CCCCC1. The summed E-state index contributed by atoms with van der Waals surface area (Å²) in [5.74, 6) is 2.33. The van der Waals surface area contributed by atoms with Crippen molar-refractivity contribution in [2.24, 2.45) is 10.9 Å². The molecule has 0 aliphatic carbocycles. The van der Waals surface area contributed by atoms with Crippen molar-refractivity contribution in [3.05, 3.63) is 29.8 Å². The largest absolute Gasteiger partial charge is 0.497 e. The lowest BCUT2D eigenvalue weighted by Gasteiger charge is -2.35. The van der Waals surface area contributed by atoms with E-state index in [0.717, 1.165) is 70.7 Å².